The summed E-state index contributed by atoms with van der Waals surface area (Å²) < 4.78 is 27.3. The van der Waals surface area contributed by atoms with E-state index in [2.05, 4.69) is 4.72 Å². The highest BCUT2D eigenvalue weighted by Crippen LogP contribution is 2.33. The quantitative estimate of drug-likeness (QED) is 0.621. The van der Waals surface area contributed by atoms with Gasteiger partial charge in [0.2, 0.25) is 10.0 Å². The molecule has 1 aromatic carbocycles. The van der Waals surface area contributed by atoms with Gasteiger partial charge in [0.1, 0.15) is 0 Å². The largest absolute Gasteiger partial charge is 0.398 e. The van der Waals surface area contributed by atoms with Crippen molar-refractivity contribution in [3.8, 4) is 0 Å². The van der Waals surface area contributed by atoms with Crippen LogP contribution >= 0.6 is 0 Å². The first-order chi connectivity index (χ1) is 8.92. The topological polar surface area (TPSA) is 72.2 Å². The second-order valence-corrected chi connectivity index (χ2v) is 7.11. The van der Waals surface area contributed by atoms with Gasteiger partial charge in [-0.15, -0.1) is 0 Å². The number of nitrogen functional groups attached to an aromatic ring is 1. The van der Waals surface area contributed by atoms with Gasteiger partial charge in [0.25, 0.3) is 0 Å². The minimum absolute atomic E-state index is 0.332. The standard InChI is InChI=1S/C14H22N2O2S/c1-10-5-8-13(15)11(2)14(10)19(17,18)16-9-3-4-12-6-7-12/h5,8,12,16H,3-4,6-7,9,15H2,1-2H3. The first-order valence-electron chi connectivity index (χ1n) is 6.77. The summed E-state index contributed by atoms with van der Waals surface area (Å²) in [5.74, 6) is 0.834. The monoisotopic (exact) mass is 282 g/mol. The van der Waals surface area contributed by atoms with Crippen molar-refractivity contribution in [1.29, 1.82) is 0 Å². The normalized spacial score (nSPS) is 15.7. The van der Waals surface area contributed by atoms with Crippen LogP contribution in [0.3, 0.4) is 0 Å². The van der Waals surface area contributed by atoms with Gasteiger partial charge in [0, 0.05) is 12.2 Å². The zero-order valence-corrected chi connectivity index (χ0v) is 12.4. The number of anilines is 1. The Hall–Kier alpha value is -1.07. The Morgan fingerprint density at radius 1 is 1.32 bits per heavy atom. The highest BCUT2D eigenvalue weighted by Gasteiger charge is 2.22. The Morgan fingerprint density at radius 3 is 2.63 bits per heavy atom. The van der Waals surface area contributed by atoms with E-state index in [1.807, 2.05) is 0 Å². The number of aryl methyl sites for hydroxylation is 1. The summed E-state index contributed by atoms with van der Waals surface area (Å²) in [6, 6.07) is 3.50. The number of nitrogens with one attached hydrogen (secondary N) is 1. The molecule has 0 atom stereocenters. The Kier molecular flexibility index (Phi) is 4.16. The number of nitrogens with two attached hydrogens (primary N) is 1. The second-order valence-electron chi connectivity index (χ2n) is 5.41. The van der Waals surface area contributed by atoms with Crippen LogP contribution in [-0.2, 0) is 10.0 Å². The zero-order chi connectivity index (χ0) is 14.0. The molecule has 3 N–H and O–H groups in total. The predicted octanol–water partition coefficient (Wildman–Crippen LogP) is 2.35. The molecule has 4 nitrogen and oxygen atoms in total. The highest BCUT2D eigenvalue weighted by molar-refractivity contribution is 7.89. The molecule has 1 fully saturated rings. The molecule has 1 aliphatic rings. The molecule has 0 spiro atoms. The molecular formula is C14H22N2O2S. The molecule has 0 aliphatic heterocycles. The van der Waals surface area contributed by atoms with E-state index < -0.39 is 10.0 Å². The molecule has 1 aliphatic carbocycles. The fraction of sp³-hybridized carbons (Fsp3) is 0.571. The number of hydrogen-bond donors (Lipinski definition) is 2. The summed E-state index contributed by atoms with van der Waals surface area (Å²) in [6.07, 6.45) is 4.64. The fourth-order valence-electron chi connectivity index (χ4n) is 2.33. The van der Waals surface area contributed by atoms with E-state index in [-0.39, 0.29) is 0 Å². The van der Waals surface area contributed by atoms with Gasteiger partial charge in [-0.1, -0.05) is 18.9 Å². The number of rotatable bonds is 6. The van der Waals surface area contributed by atoms with Crippen molar-refractivity contribution >= 4 is 15.7 Å². The number of benzene rings is 1. The number of sulfonamides is 1. The number of hydrogen-bond acceptors (Lipinski definition) is 3. The molecule has 1 aromatic rings. The SMILES string of the molecule is Cc1ccc(N)c(C)c1S(=O)(=O)NCCCC1CC1. The average Bonchev–Trinajstić information content (AvgIpc) is 3.14. The zero-order valence-electron chi connectivity index (χ0n) is 11.6. The van der Waals surface area contributed by atoms with Crippen molar-refractivity contribution in [3.05, 3.63) is 23.3 Å². The lowest BCUT2D eigenvalue weighted by Crippen LogP contribution is -2.26. The third-order valence-electron chi connectivity index (χ3n) is 3.69. The van der Waals surface area contributed by atoms with Crippen LogP contribution in [0.4, 0.5) is 5.69 Å². The Labute approximate surface area is 115 Å². The van der Waals surface area contributed by atoms with E-state index in [4.69, 9.17) is 5.73 Å². The molecule has 0 bridgehead atoms. The first kappa shape index (κ1) is 14.3. The van der Waals surface area contributed by atoms with Gasteiger partial charge in [-0.25, -0.2) is 13.1 Å². The summed E-state index contributed by atoms with van der Waals surface area (Å²) >= 11 is 0. The molecule has 5 heteroatoms. The summed E-state index contributed by atoms with van der Waals surface area (Å²) in [6.45, 7) is 4.05. The first-order valence-corrected chi connectivity index (χ1v) is 8.25. The van der Waals surface area contributed by atoms with Gasteiger partial charge in [0.05, 0.1) is 4.90 Å². The minimum Gasteiger partial charge on any atom is -0.398 e. The lowest BCUT2D eigenvalue weighted by molar-refractivity contribution is 0.571. The molecule has 1 saturated carbocycles. The molecule has 0 saturated heterocycles. The van der Waals surface area contributed by atoms with Crippen LogP contribution in [-0.4, -0.2) is 15.0 Å². The van der Waals surface area contributed by atoms with Crippen molar-refractivity contribution in [2.45, 2.75) is 44.4 Å². The molecular weight excluding hydrogens is 260 g/mol. The summed E-state index contributed by atoms with van der Waals surface area (Å²) in [5, 5.41) is 0. The maximum Gasteiger partial charge on any atom is 0.241 e. The molecule has 0 amide bonds. The smallest absolute Gasteiger partial charge is 0.241 e. The highest BCUT2D eigenvalue weighted by atomic mass is 32.2. The molecule has 0 heterocycles. The van der Waals surface area contributed by atoms with Crippen LogP contribution in [0.2, 0.25) is 0 Å². The minimum atomic E-state index is -3.45. The van der Waals surface area contributed by atoms with Crippen LogP contribution in [0.15, 0.2) is 17.0 Å². The molecule has 0 aromatic heterocycles. The van der Waals surface area contributed by atoms with Crippen molar-refractivity contribution in [2.24, 2.45) is 5.92 Å². The van der Waals surface area contributed by atoms with Crippen molar-refractivity contribution in [1.82, 2.24) is 4.72 Å². The van der Waals surface area contributed by atoms with E-state index in [1.165, 1.54) is 12.8 Å². The van der Waals surface area contributed by atoms with Gasteiger partial charge in [0.15, 0.2) is 0 Å². The third-order valence-corrected chi connectivity index (χ3v) is 5.44. The maximum absolute atomic E-state index is 12.3. The van der Waals surface area contributed by atoms with Crippen LogP contribution in [0.1, 0.15) is 36.8 Å². The summed E-state index contributed by atoms with van der Waals surface area (Å²) in [4.78, 5) is 0.332. The van der Waals surface area contributed by atoms with Gasteiger partial charge < -0.3 is 5.73 Å². The summed E-state index contributed by atoms with van der Waals surface area (Å²) in [7, 11) is -3.45. The van der Waals surface area contributed by atoms with Gasteiger partial charge >= 0.3 is 0 Å². The van der Waals surface area contributed by atoms with Crippen molar-refractivity contribution < 1.29 is 8.42 Å². The lowest BCUT2D eigenvalue weighted by atomic mass is 10.1. The van der Waals surface area contributed by atoms with E-state index in [0.29, 0.717) is 22.7 Å². The predicted molar refractivity (Wildman–Crippen MR) is 77.5 cm³/mol. The maximum atomic E-state index is 12.3. The lowest BCUT2D eigenvalue weighted by Gasteiger charge is -2.13. The van der Waals surface area contributed by atoms with Crippen molar-refractivity contribution in [2.75, 3.05) is 12.3 Å². The molecule has 0 unspecified atom stereocenters. The fourth-order valence-corrected chi connectivity index (χ4v) is 3.90. The molecule has 19 heavy (non-hydrogen) atoms. The molecule has 2 rings (SSSR count). The Morgan fingerprint density at radius 2 is 2.00 bits per heavy atom. The summed E-state index contributed by atoms with van der Waals surface area (Å²) in [5.41, 5.74) is 7.69. The van der Waals surface area contributed by atoms with Gasteiger partial charge in [-0.3, -0.25) is 0 Å². The van der Waals surface area contributed by atoms with E-state index in [9.17, 15) is 8.42 Å². The van der Waals surface area contributed by atoms with Crippen LogP contribution in [0.25, 0.3) is 0 Å². The second kappa shape index (κ2) is 5.51. The van der Waals surface area contributed by atoms with Crippen molar-refractivity contribution in [3.63, 3.8) is 0 Å². The van der Waals surface area contributed by atoms with Crippen LogP contribution in [0, 0.1) is 19.8 Å². The van der Waals surface area contributed by atoms with E-state index in [1.54, 1.807) is 26.0 Å². The van der Waals surface area contributed by atoms with E-state index in [0.717, 1.165) is 24.3 Å². The van der Waals surface area contributed by atoms with Gasteiger partial charge in [-0.05, 0) is 49.8 Å². The molecule has 106 valence electrons. The van der Waals surface area contributed by atoms with E-state index >= 15 is 0 Å². The molecule has 0 radical (unpaired) electrons. The Balaban J connectivity index is 2.07. The van der Waals surface area contributed by atoms with Gasteiger partial charge in [-0.2, -0.15) is 0 Å². The Bertz CT molecular complexity index is 563. The average molecular weight is 282 g/mol. The van der Waals surface area contributed by atoms with Crippen LogP contribution in [0.5, 0.6) is 0 Å². The van der Waals surface area contributed by atoms with Crippen LogP contribution < -0.4 is 10.5 Å². The third kappa shape index (κ3) is 3.48.